The topological polar surface area (TPSA) is 106 Å². The molecule has 0 radical (unpaired) electrons. The molecule has 0 fully saturated rings. The van der Waals surface area contributed by atoms with E-state index in [9.17, 15) is 18.0 Å². The molecule has 0 spiro atoms. The minimum Gasteiger partial charge on any atom is -0.365 e. The van der Waals surface area contributed by atoms with Crippen LogP contribution in [0.1, 0.15) is 38.8 Å². The number of allylic oxidation sites excluding steroid dienone is 3. The summed E-state index contributed by atoms with van der Waals surface area (Å²) >= 11 is 0.809. The Hall–Kier alpha value is -2.71. The Balaban J connectivity index is 2.57. The number of nitrogens with two attached hydrogens (primary N) is 1. The molecule has 0 aliphatic carbocycles. The van der Waals surface area contributed by atoms with E-state index in [1.165, 1.54) is 26.0 Å². The molecular formula is C19H20N2O4S2. The molecule has 0 atom stereocenters. The molecule has 0 unspecified atom stereocenters. The van der Waals surface area contributed by atoms with Crippen LogP contribution in [0.3, 0.4) is 0 Å². The number of primary amides is 1. The molecule has 6 nitrogen and oxygen atoms in total. The average Bonchev–Trinajstić information content (AvgIpc) is 2.92. The molecule has 2 aromatic rings. The third-order valence-corrected chi connectivity index (χ3v) is 7.67. The Morgan fingerprint density at radius 2 is 1.85 bits per heavy atom. The number of rotatable bonds is 6. The number of hydrogen-bond donors (Lipinski definition) is 2. The molecule has 1 heterocycles. The van der Waals surface area contributed by atoms with Crippen LogP contribution in [0.5, 0.6) is 0 Å². The van der Waals surface area contributed by atoms with E-state index < -0.39 is 21.7 Å². The van der Waals surface area contributed by atoms with E-state index in [1.807, 2.05) is 0 Å². The van der Waals surface area contributed by atoms with Crippen LogP contribution in [0.25, 0.3) is 0 Å². The van der Waals surface area contributed by atoms with Crippen molar-refractivity contribution in [2.45, 2.75) is 25.0 Å². The average molecular weight is 405 g/mol. The van der Waals surface area contributed by atoms with Crippen molar-refractivity contribution in [1.82, 2.24) is 0 Å². The highest BCUT2D eigenvalue weighted by molar-refractivity contribution is 7.97. The predicted molar refractivity (Wildman–Crippen MR) is 108 cm³/mol. The monoisotopic (exact) mass is 404 g/mol. The van der Waals surface area contributed by atoms with Gasteiger partial charge in [0.1, 0.15) is 9.21 Å². The van der Waals surface area contributed by atoms with Gasteiger partial charge in [0.05, 0.1) is 5.56 Å². The smallest absolute Gasteiger partial charge is 0.256 e. The molecule has 142 valence electrons. The highest BCUT2D eigenvalue weighted by atomic mass is 32.2. The van der Waals surface area contributed by atoms with Crippen LogP contribution in [0.2, 0.25) is 0 Å². The van der Waals surface area contributed by atoms with E-state index in [2.05, 4.69) is 11.9 Å². The molecule has 0 saturated heterocycles. The Labute approximate surface area is 162 Å². The maximum absolute atomic E-state index is 12.8. The number of nitrogens with one attached hydrogen (secondary N) is 1. The number of hydrogen-bond acceptors (Lipinski definition) is 5. The van der Waals surface area contributed by atoms with Crippen molar-refractivity contribution in [2.75, 3.05) is 5.32 Å². The molecule has 0 bridgehead atoms. The van der Waals surface area contributed by atoms with Crippen molar-refractivity contribution < 1.29 is 18.0 Å². The number of thiophene rings is 1. The van der Waals surface area contributed by atoms with Crippen LogP contribution < -0.4 is 11.1 Å². The van der Waals surface area contributed by atoms with E-state index in [0.717, 1.165) is 16.9 Å². The lowest BCUT2D eigenvalue weighted by atomic mass is 10.1. The van der Waals surface area contributed by atoms with Crippen LogP contribution in [-0.4, -0.2) is 20.2 Å². The van der Waals surface area contributed by atoms with Crippen LogP contribution in [0, 0.1) is 13.8 Å². The van der Waals surface area contributed by atoms with Gasteiger partial charge in [0.25, 0.3) is 11.8 Å². The highest BCUT2D eigenvalue weighted by Gasteiger charge is 2.29. The molecular weight excluding hydrogens is 384 g/mol. The molecule has 0 saturated carbocycles. The molecule has 3 N–H and O–H groups in total. The second-order valence-corrected chi connectivity index (χ2v) is 9.21. The fourth-order valence-corrected chi connectivity index (χ4v) is 5.63. The second kappa shape index (κ2) is 7.89. The Morgan fingerprint density at radius 1 is 1.22 bits per heavy atom. The first-order chi connectivity index (χ1) is 12.6. The molecule has 2 amide bonds. The summed E-state index contributed by atoms with van der Waals surface area (Å²) in [5.41, 5.74) is 6.82. The number of amides is 2. The summed E-state index contributed by atoms with van der Waals surface area (Å²) in [5, 5.41) is 2.74. The van der Waals surface area contributed by atoms with Gasteiger partial charge in [-0.25, -0.2) is 8.42 Å². The molecule has 27 heavy (non-hydrogen) atoms. The summed E-state index contributed by atoms with van der Waals surface area (Å²) in [4.78, 5) is 24.6. The lowest BCUT2D eigenvalue weighted by molar-refractivity contribution is 0.100. The van der Waals surface area contributed by atoms with Gasteiger partial charge in [0.2, 0.25) is 9.84 Å². The number of sulfone groups is 1. The summed E-state index contributed by atoms with van der Waals surface area (Å²) in [7, 11) is -3.83. The van der Waals surface area contributed by atoms with E-state index in [0.29, 0.717) is 5.56 Å². The van der Waals surface area contributed by atoms with Crippen LogP contribution >= 0.6 is 11.3 Å². The quantitative estimate of drug-likeness (QED) is 0.718. The molecule has 0 aliphatic heterocycles. The van der Waals surface area contributed by atoms with Gasteiger partial charge in [-0.2, -0.15) is 0 Å². The zero-order valence-corrected chi connectivity index (χ0v) is 16.8. The lowest BCUT2D eigenvalue weighted by Crippen LogP contribution is -2.18. The van der Waals surface area contributed by atoms with Gasteiger partial charge in [-0.3, -0.25) is 9.59 Å². The van der Waals surface area contributed by atoms with Crippen molar-refractivity contribution in [1.29, 1.82) is 0 Å². The number of anilines is 1. The Morgan fingerprint density at radius 3 is 2.41 bits per heavy atom. The summed E-state index contributed by atoms with van der Waals surface area (Å²) < 4.78 is 25.5. The Kier molecular flexibility index (Phi) is 6.02. The van der Waals surface area contributed by atoms with Crippen molar-refractivity contribution in [2.24, 2.45) is 5.73 Å². The van der Waals surface area contributed by atoms with E-state index in [-0.39, 0.29) is 25.2 Å². The first-order valence-corrected chi connectivity index (χ1v) is 10.3. The maximum Gasteiger partial charge on any atom is 0.256 e. The molecule has 8 heteroatoms. The molecule has 1 aromatic carbocycles. The van der Waals surface area contributed by atoms with Gasteiger partial charge in [0.15, 0.2) is 0 Å². The van der Waals surface area contributed by atoms with Gasteiger partial charge in [0, 0.05) is 10.5 Å². The minimum atomic E-state index is -3.83. The number of benzene rings is 1. The Bertz CT molecular complexity index is 1060. The number of carbonyl (C=O) groups excluding carboxylic acids is 2. The molecule has 0 aliphatic rings. The van der Waals surface area contributed by atoms with Crippen molar-refractivity contribution >= 4 is 38.0 Å². The van der Waals surface area contributed by atoms with Crippen LogP contribution in [0.15, 0.2) is 52.1 Å². The standard InChI is InChI=1S/C19H20N2O4S2/c1-5-8-12(3)27(24,25)19-13(4)15(16(20)22)18(26-19)21-17(23)14-10-7-6-9-11(14)2/h5-10H,1H2,2-4H3,(H2,20,22)(H,21,23)/b12-8+. The summed E-state index contributed by atoms with van der Waals surface area (Å²) in [6.07, 6.45) is 2.73. The fraction of sp³-hybridized carbons (Fsp3) is 0.158. The van der Waals surface area contributed by atoms with Crippen molar-refractivity contribution in [3.63, 3.8) is 0 Å². The first kappa shape index (κ1) is 20.6. The van der Waals surface area contributed by atoms with Gasteiger partial charge in [-0.05, 0) is 44.0 Å². The van der Waals surface area contributed by atoms with Crippen molar-refractivity contribution in [3.8, 4) is 0 Å². The van der Waals surface area contributed by atoms with Crippen molar-refractivity contribution in [3.05, 3.63) is 70.2 Å². The van der Waals surface area contributed by atoms with Gasteiger partial charge in [-0.15, -0.1) is 11.3 Å². The fourth-order valence-electron chi connectivity index (χ4n) is 2.53. The minimum absolute atomic E-state index is 0.00749. The van der Waals surface area contributed by atoms with E-state index in [1.54, 1.807) is 31.2 Å². The van der Waals surface area contributed by atoms with Crippen LogP contribution in [-0.2, 0) is 9.84 Å². The number of carbonyl (C=O) groups is 2. The lowest BCUT2D eigenvalue weighted by Gasteiger charge is -2.07. The maximum atomic E-state index is 12.8. The second-order valence-electron chi connectivity index (χ2n) is 5.87. The third-order valence-electron chi connectivity index (χ3n) is 3.99. The molecule has 2 rings (SSSR count). The predicted octanol–water partition coefficient (Wildman–Crippen LogP) is 3.58. The largest absolute Gasteiger partial charge is 0.365 e. The number of aryl methyl sites for hydroxylation is 1. The van der Waals surface area contributed by atoms with Gasteiger partial charge >= 0.3 is 0 Å². The summed E-state index contributed by atoms with van der Waals surface area (Å²) in [6.45, 7) is 8.20. The summed E-state index contributed by atoms with van der Waals surface area (Å²) in [6, 6.07) is 6.94. The third kappa shape index (κ3) is 4.01. The highest BCUT2D eigenvalue weighted by Crippen LogP contribution is 2.38. The van der Waals surface area contributed by atoms with Gasteiger partial charge < -0.3 is 11.1 Å². The normalized spacial score (nSPS) is 11.9. The molecule has 1 aromatic heterocycles. The zero-order valence-electron chi connectivity index (χ0n) is 15.2. The SMILES string of the molecule is C=C/C=C(\C)S(=O)(=O)c1sc(NC(=O)c2ccccc2C)c(C(N)=O)c1C. The summed E-state index contributed by atoms with van der Waals surface area (Å²) in [5.74, 6) is -1.25. The van der Waals surface area contributed by atoms with E-state index >= 15 is 0 Å². The zero-order chi connectivity index (χ0) is 20.4. The van der Waals surface area contributed by atoms with E-state index in [4.69, 9.17) is 5.73 Å². The van der Waals surface area contributed by atoms with Crippen LogP contribution in [0.4, 0.5) is 5.00 Å². The van der Waals surface area contributed by atoms with Gasteiger partial charge in [-0.1, -0.05) is 30.9 Å². The first-order valence-electron chi connectivity index (χ1n) is 7.95.